The van der Waals surface area contributed by atoms with Gasteiger partial charge < -0.3 is 10.3 Å². The highest BCUT2D eigenvalue weighted by Gasteiger charge is 2.15. The van der Waals surface area contributed by atoms with Crippen LogP contribution in [-0.2, 0) is 13.1 Å². The predicted molar refractivity (Wildman–Crippen MR) is 90.1 cm³/mol. The van der Waals surface area contributed by atoms with Crippen molar-refractivity contribution in [3.8, 4) is 0 Å². The highest BCUT2D eigenvalue weighted by Crippen LogP contribution is 1.97. The molecular formula is C17H15N5O3. The molecule has 0 atom stereocenters. The molecule has 3 rings (SSSR count). The van der Waals surface area contributed by atoms with Crippen molar-refractivity contribution in [3.63, 3.8) is 0 Å². The van der Waals surface area contributed by atoms with E-state index in [0.29, 0.717) is 5.69 Å². The van der Waals surface area contributed by atoms with Gasteiger partial charge in [-0.3, -0.25) is 24.1 Å². The second-order valence-corrected chi connectivity index (χ2v) is 5.26. The van der Waals surface area contributed by atoms with Crippen LogP contribution in [-0.4, -0.2) is 25.4 Å². The van der Waals surface area contributed by atoms with Crippen LogP contribution in [0.1, 0.15) is 21.6 Å². The average Bonchev–Trinajstić information content (AvgIpc) is 2.65. The molecule has 3 aromatic rings. The fraction of sp³-hybridized carbons (Fsp3) is 0.118. The summed E-state index contributed by atoms with van der Waals surface area (Å²) in [4.78, 5) is 47.1. The van der Waals surface area contributed by atoms with Crippen LogP contribution in [0.3, 0.4) is 0 Å². The van der Waals surface area contributed by atoms with Gasteiger partial charge in [0.1, 0.15) is 5.56 Å². The fourth-order valence-corrected chi connectivity index (χ4v) is 2.25. The van der Waals surface area contributed by atoms with Gasteiger partial charge in [0.15, 0.2) is 0 Å². The Hall–Kier alpha value is -3.55. The van der Waals surface area contributed by atoms with Crippen LogP contribution >= 0.6 is 0 Å². The third-order valence-electron chi connectivity index (χ3n) is 3.55. The zero-order chi connectivity index (χ0) is 17.6. The second kappa shape index (κ2) is 7.35. The van der Waals surface area contributed by atoms with Gasteiger partial charge in [-0.25, -0.2) is 4.79 Å². The highest BCUT2D eigenvalue weighted by atomic mass is 16.2. The monoisotopic (exact) mass is 337 g/mol. The maximum Gasteiger partial charge on any atom is 0.328 e. The van der Waals surface area contributed by atoms with Crippen LogP contribution in [0.2, 0.25) is 0 Å². The van der Waals surface area contributed by atoms with Crippen molar-refractivity contribution in [2.75, 3.05) is 0 Å². The molecule has 126 valence electrons. The summed E-state index contributed by atoms with van der Waals surface area (Å²) in [6.45, 7) is 0.237. The first-order valence-corrected chi connectivity index (χ1v) is 7.54. The SMILES string of the molecule is O=C(NCc1ccncc1)c1c[nH]c(=O)n(Cc2ccccn2)c1=O. The molecule has 0 radical (unpaired) electrons. The quantitative estimate of drug-likeness (QED) is 0.696. The van der Waals surface area contributed by atoms with Crippen molar-refractivity contribution in [1.29, 1.82) is 0 Å². The molecule has 8 nitrogen and oxygen atoms in total. The lowest BCUT2D eigenvalue weighted by molar-refractivity contribution is 0.0948. The number of amides is 1. The third-order valence-corrected chi connectivity index (χ3v) is 3.55. The van der Waals surface area contributed by atoms with E-state index in [9.17, 15) is 14.4 Å². The Labute approximate surface area is 142 Å². The Kier molecular flexibility index (Phi) is 4.79. The minimum absolute atomic E-state index is 0.0134. The van der Waals surface area contributed by atoms with E-state index in [2.05, 4.69) is 20.3 Å². The zero-order valence-electron chi connectivity index (χ0n) is 13.2. The standard InChI is InChI=1S/C17H15N5O3/c23-15(20-9-12-4-7-18-8-5-12)14-10-21-17(25)22(16(14)24)11-13-3-1-2-6-19-13/h1-8,10H,9,11H2,(H,20,23)(H,21,25). The molecule has 8 heteroatoms. The van der Waals surface area contributed by atoms with E-state index < -0.39 is 17.2 Å². The summed E-state index contributed by atoms with van der Waals surface area (Å²) < 4.78 is 0.948. The van der Waals surface area contributed by atoms with Gasteiger partial charge in [-0.2, -0.15) is 0 Å². The van der Waals surface area contributed by atoms with E-state index in [4.69, 9.17) is 0 Å². The van der Waals surface area contributed by atoms with Crippen LogP contribution in [0.15, 0.2) is 64.7 Å². The number of aromatic nitrogens is 4. The van der Waals surface area contributed by atoms with Crippen LogP contribution in [0.4, 0.5) is 0 Å². The van der Waals surface area contributed by atoms with Crippen LogP contribution in [0, 0.1) is 0 Å². The number of H-pyrrole nitrogens is 1. The minimum Gasteiger partial charge on any atom is -0.348 e. The molecule has 0 fully saturated rings. The summed E-state index contributed by atoms with van der Waals surface area (Å²) in [6, 6.07) is 8.70. The van der Waals surface area contributed by atoms with Crippen molar-refractivity contribution in [3.05, 3.63) is 92.8 Å². The molecule has 0 aromatic carbocycles. The van der Waals surface area contributed by atoms with Gasteiger partial charge >= 0.3 is 5.69 Å². The summed E-state index contributed by atoms with van der Waals surface area (Å²) in [5.41, 5.74) is -0.00131. The summed E-state index contributed by atoms with van der Waals surface area (Å²) >= 11 is 0. The Bertz CT molecular complexity index is 980. The normalized spacial score (nSPS) is 10.4. The van der Waals surface area contributed by atoms with Crippen molar-refractivity contribution in [1.82, 2.24) is 24.8 Å². The topological polar surface area (TPSA) is 110 Å². The first-order valence-electron chi connectivity index (χ1n) is 7.54. The number of hydrogen-bond donors (Lipinski definition) is 2. The number of rotatable bonds is 5. The Balaban J connectivity index is 1.82. The van der Waals surface area contributed by atoms with Crippen molar-refractivity contribution in [2.45, 2.75) is 13.1 Å². The number of hydrogen-bond acceptors (Lipinski definition) is 5. The van der Waals surface area contributed by atoms with Crippen molar-refractivity contribution in [2.24, 2.45) is 0 Å². The average molecular weight is 337 g/mol. The first-order chi connectivity index (χ1) is 12.1. The van der Waals surface area contributed by atoms with Gasteiger partial charge in [0.2, 0.25) is 0 Å². The number of aromatic amines is 1. The van der Waals surface area contributed by atoms with E-state index >= 15 is 0 Å². The largest absolute Gasteiger partial charge is 0.348 e. The molecular weight excluding hydrogens is 322 g/mol. The molecule has 0 bridgehead atoms. The maximum absolute atomic E-state index is 12.5. The molecule has 0 saturated heterocycles. The minimum atomic E-state index is -0.665. The lowest BCUT2D eigenvalue weighted by atomic mass is 10.2. The van der Waals surface area contributed by atoms with Crippen LogP contribution in [0.25, 0.3) is 0 Å². The zero-order valence-corrected chi connectivity index (χ0v) is 13.2. The molecule has 0 aliphatic heterocycles. The van der Waals surface area contributed by atoms with Gasteiger partial charge in [-0.15, -0.1) is 0 Å². The predicted octanol–water partition coefficient (Wildman–Crippen LogP) is 0.305. The summed E-state index contributed by atoms with van der Waals surface area (Å²) in [5, 5.41) is 2.65. The summed E-state index contributed by atoms with van der Waals surface area (Å²) in [5.74, 6) is -0.562. The van der Waals surface area contributed by atoms with E-state index in [1.54, 1.807) is 48.9 Å². The lowest BCUT2D eigenvalue weighted by Crippen LogP contribution is -2.40. The van der Waals surface area contributed by atoms with E-state index in [0.717, 1.165) is 16.3 Å². The smallest absolute Gasteiger partial charge is 0.328 e. The number of carbonyl (C=O) groups is 1. The van der Waals surface area contributed by atoms with E-state index in [1.165, 1.54) is 0 Å². The fourth-order valence-electron chi connectivity index (χ4n) is 2.25. The molecule has 2 N–H and O–H groups in total. The number of nitrogens with one attached hydrogen (secondary N) is 2. The number of pyridine rings is 2. The Morgan fingerprint density at radius 1 is 1.12 bits per heavy atom. The second-order valence-electron chi connectivity index (χ2n) is 5.26. The molecule has 3 aromatic heterocycles. The van der Waals surface area contributed by atoms with Gasteiger partial charge in [-0.1, -0.05) is 6.07 Å². The lowest BCUT2D eigenvalue weighted by Gasteiger charge is -2.08. The molecule has 1 amide bonds. The molecule has 3 heterocycles. The Morgan fingerprint density at radius 3 is 2.64 bits per heavy atom. The van der Waals surface area contributed by atoms with Crippen LogP contribution < -0.4 is 16.6 Å². The van der Waals surface area contributed by atoms with Gasteiger partial charge in [0.25, 0.3) is 11.5 Å². The molecule has 0 aliphatic carbocycles. The first kappa shape index (κ1) is 16.3. The Morgan fingerprint density at radius 2 is 1.92 bits per heavy atom. The molecule has 0 aliphatic rings. The summed E-state index contributed by atoms with van der Waals surface area (Å²) in [6.07, 6.45) is 5.92. The van der Waals surface area contributed by atoms with E-state index in [1.807, 2.05) is 0 Å². The van der Waals surface area contributed by atoms with Crippen LogP contribution in [0.5, 0.6) is 0 Å². The van der Waals surface area contributed by atoms with E-state index in [-0.39, 0.29) is 18.7 Å². The molecule has 0 unspecified atom stereocenters. The van der Waals surface area contributed by atoms with Gasteiger partial charge in [0.05, 0.1) is 12.2 Å². The number of nitrogens with zero attached hydrogens (tertiary/aromatic N) is 3. The maximum atomic E-state index is 12.5. The molecule has 0 saturated carbocycles. The van der Waals surface area contributed by atoms with Crippen molar-refractivity contribution >= 4 is 5.91 Å². The molecule has 25 heavy (non-hydrogen) atoms. The van der Waals surface area contributed by atoms with Gasteiger partial charge in [-0.05, 0) is 29.8 Å². The molecule has 0 spiro atoms. The van der Waals surface area contributed by atoms with Crippen molar-refractivity contribution < 1.29 is 4.79 Å². The highest BCUT2D eigenvalue weighted by molar-refractivity contribution is 5.93. The van der Waals surface area contributed by atoms with Gasteiger partial charge in [0, 0.05) is 31.3 Å². The third kappa shape index (κ3) is 3.86. The summed E-state index contributed by atoms with van der Waals surface area (Å²) in [7, 11) is 0. The number of carbonyl (C=O) groups excluding carboxylic acids is 1.